The van der Waals surface area contributed by atoms with Crippen molar-refractivity contribution in [2.45, 2.75) is 52.1 Å². The van der Waals surface area contributed by atoms with Gasteiger partial charge in [-0.05, 0) is 49.9 Å². The maximum absolute atomic E-state index is 3.63. The van der Waals surface area contributed by atoms with Crippen LogP contribution < -0.4 is 5.32 Å². The molecule has 0 spiro atoms. The summed E-state index contributed by atoms with van der Waals surface area (Å²) in [7, 11) is 2.26. The fourth-order valence-corrected chi connectivity index (χ4v) is 2.84. The molecule has 2 heteroatoms. The molecular weight excluding hydrogens is 244 g/mol. The summed E-state index contributed by atoms with van der Waals surface area (Å²) in [6.45, 7) is 8.89. The maximum Gasteiger partial charge on any atom is 0.0449 e. The van der Waals surface area contributed by atoms with Crippen molar-refractivity contribution in [1.29, 1.82) is 0 Å². The van der Waals surface area contributed by atoms with Crippen molar-refractivity contribution in [2.75, 3.05) is 20.1 Å². The summed E-state index contributed by atoms with van der Waals surface area (Å²) in [6, 6.07) is 10.5. The molecular formula is C18H30N2. The van der Waals surface area contributed by atoms with Crippen LogP contribution in [0.1, 0.15) is 50.8 Å². The van der Waals surface area contributed by atoms with Crippen LogP contribution in [0.15, 0.2) is 24.3 Å². The molecule has 1 aliphatic carbocycles. The van der Waals surface area contributed by atoms with Crippen LogP contribution in [-0.2, 0) is 6.42 Å². The Balaban J connectivity index is 2.00. The van der Waals surface area contributed by atoms with E-state index < -0.39 is 0 Å². The Labute approximate surface area is 124 Å². The molecule has 2 nitrogen and oxygen atoms in total. The number of hydrogen-bond acceptors (Lipinski definition) is 2. The molecule has 1 saturated carbocycles. The van der Waals surface area contributed by atoms with Crippen LogP contribution in [0, 0.1) is 5.92 Å². The summed E-state index contributed by atoms with van der Waals surface area (Å²) in [5.74, 6) is 0.728. The molecule has 2 rings (SSSR count). The highest BCUT2D eigenvalue weighted by Crippen LogP contribution is 2.27. The highest BCUT2D eigenvalue weighted by atomic mass is 15.2. The predicted octanol–water partition coefficient (Wildman–Crippen LogP) is 3.63. The minimum Gasteiger partial charge on any atom is -0.309 e. The van der Waals surface area contributed by atoms with E-state index in [0.29, 0.717) is 6.04 Å². The summed E-state index contributed by atoms with van der Waals surface area (Å²) in [5.41, 5.74) is 2.88. The lowest BCUT2D eigenvalue weighted by Crippen LogP contribution is -2.34. The number of hydrogen-bond donors (Lipinski definition) is 1. The first-order chi connectivity index (χ1) is 9.60. The number of nitrogens with zero attached hydrogens (tertiary/aromatic N) is 1. The molecule has 1 N–H and O–H groups in total. The lowest BCUT2D eigenvalue weighted by molar-refractivity contribution is 0.283. The van der Waals surface area contributed by atoms with E-state index in [0.717, 1.165) is 25.0 Å². The maximum atomic E-state index is 3.63. The van der Waals surface area contributed by atoms with Crippen LogP contribution >= 0.6 is 0 Å². The molecule has 0 bridgehead atoms. The molecule has 0 saturated heterocycles. The van der Waals surface area contributed by atoms with E-state index in [2.05, 4.69) is 62.3 Å². The Morgan fingerprint density at radius 3 is 2.35 bits per heavy atom. The van der Waals surface area contributed by atoms with Crippen LogP contribution in [0.4, 0.5) is 0 Å². The molecule has 0 radical (unpaired) electrons. The lowest BCUT2D eigenvalue weighted by atomic mass is 9.99. The Kier molecular flexibility index (Phi) is 5.62. The topological polar surface area (TPSA) is 15.3 Å². The van der Waals surface area contributed by atoms with Gasteiger partial charge < -0.3 is 10.2 Å². The largest absolute Gasteiger partial charge is 0.309 e. The van der Waals surface area contributed by atoms with Crippen molar-refractivity contribution >= 4 is 0 Å². The van der Waals surface area contributed by atoms with Crippen molar-refractivity contribution in [2.24, 2.45) is 5.92 Å². The van der Waals surface area contributed by atoms with Crippen molar-refractivity contribution < 1.29 is 0 Å². The zero-order valence-electron chi connectivity index (χ0n) is 13.5. The summed E-state index contributed by atoms with van der Waals surface area (Å²) in [4.78, 5) is 2.51. The van der Waals surface area contributed by atoms with Crippen molar-refractivity contribution in [3.63, 3.8) is 0 Å². The second kappa shape index (κ2) is 7.24. The van der Waals surface area contributed by atoms with Crippen LogP contribution in [0.5, 0.6) is 0 Å². The monoisotopic (exact) mass is 274 g/mol. The first-order valence-electron chi connectivity index (χ1n) is 8.12. The highest BCUT2D eigenvalue weighted by Gasteiger charge is 2.27. The molecule has 1 atom stereocenters. The zero-order valence-corrected chi connectivity index (χ0v) is 13.5. The second-order valence-electron chi connectivity index (χ2n) is 6.62. The molecule has 0 aromatic heterocycles. The SMILES string of the molecule is CCNC(CN(C)C1CC1)c1ccc(CC(C)C)cc1. The first-order valence-corrected chi connectivity index (χ1v) is 8.12. The van der Waals surface area contributed by atoms with Gasteiger partial charge >= 0.3 is 0 Å². The minimum atomic E-state index is 0.457. The molecule has 0 heterocycles. The van der Waals surface area contributed by atoms with Crippen molar-refractivity contribution in [3.8, 4) is 0 Å². The van der Waals surface area contributed by atoms with E-state index in [1.54, 1.807) is 0 Å². The molecule has 1 unspecified atom stereocenters. The molecule has 0 aliphatic heterocycles. The number of nitrogens with one attached hydrogen (secondary N) is 1. The van der Waals surface area contributed by atoms with E-state index in [1.807, 2.05) is 0 Å². The second-order valence-corrected chi connectivity index (χ2v) is 6.62. The van der Waals surface area contributed by atoms with Crippen LogP contribution in [-0.4, -0.2) is 31.1 Å². The van der Waals surface area contributed by atoms with E-state index in [1.165, 1.54) is 30.4 Å². The number of likely N-dealkylation sites (N-methyl/N-ethyl adjacent to an activating group) is 2. The Morgan fingerprint density at radius 2 is 1.85 bits per heavy atom. The van der Waals surface area contributed by atoms with Gasteiger partial charge in [-0.1, -0.05) is 45.0 Å². The minimum absolute atomic E-state index is 0.457. The average Bonchev–Trinajstić information content (AvgIpc) is 3.22. The third-order valence-electron chi connectivity index (χ3n) is 4.12. The van der Waals surface area contributed by atoms with Gasteiger partial charge in [0, 0.05) is 18.6 Å². The highest BCUT2D eigenvalue weighted by molar-refractivity contribution is 5.25. The smallest absolute Gasteiger partial charge is 0.0449 e. The summed E-state index contributed by atoms with van der Waals surface area (Å²) >= 11 is 0. The van der Waals surface area contributed by atoms with E-state index in [9.17, 15) is 0 Å². The van der Waals surface area contributed by atoms with E-state index >= 15 is 0 Å². The van der Waals surface area contributed by atoms with E-state index in [-0.39, 0.29) is 0 Å². The van der Waals surface area contributed by atoms with E-state index in [4.69, 9.17) is 0 Å². The normalized spacial score (nSPS) is 16.9. The van der Waals surface area contributed by atoms with Gasteiger partial charge in [0.1, 0.15) is 0 Å². The van der Waals surface area contributed by atoms with Gasteiger partial charge in [-0.15, -0.1) is 0 Å². The zero-order chi connectivity index (χ0) is 14.5. The fourth-order valence-electron chi connectivity index (χ4n) is 2.84. The summed E-state index contributed by atoms with van der Waals surface area (Å²) in [5, 5.41) is 3.63. The number of rotatable bonds is 8. The average molecular weight is 274 g/mol. The van der Waals surface area contributed by atoms with Crippen LogP contribution in [0.2, 0.25) is 0 Å². The Bertz CT molecular complexity index is 392. The Morgan fingerprint density at radius 1 is 1.20 bits per heavy atom. The molecule has 0 amide bonds. The van der Waals surface area contributed by atoms with Crippen molar-refractivity contribution in [3.05, 3.63) is 35.4 Å². The first kappa shape index (κ1) is 15.5. The van der Waals surface area contributed by atoms with Gasteiger partial charge in [0.2, 0.25) is 0 Å². The molecule has 112 valence electrons. The molecule has 20 heavy (non-hydrogen) atoms. The quantitative estimate of drug-likeness (QED) is 0.779. The van der Waals surface area contributed by atoms with Gasteiger partial charge in [-0.2, -0.15) is 0 Å². The Hall–Kier alpha value is -0.860. The van der Waals surface area contributed by atoms with Crippen LogP contribution in [0.25, 0.3) is 0 Å². The summed E-state index contributed by atoms with van der Waals surface area (Å²) in [6.07, 6.45) is 3.93. The third kappa shape index (κ3) is 4.60. The molecule has 1 aromatic carbocycles. The van der Waals surface area contributed by atoms with Gasteiger partial charge in [-0.3, -0.25) is 0 Å². The molecule has 1 aromatic rings. The van der Waals surface area contributed by atoms with Crippen LogP contribution in [0.3, 0.4) is 0 Å². The third-order valence-corrected chi connectivity index (χ3v) is 4.12. The van der Waals surface area contributed by atoms with Crippen molar-refractivity contribution in [1.82, 2.24) is 10.2 Å². The summed E-state index contributed by atoms with van der Waals surface area (Å²) < 4.78 is 0. The molecule has 1 fully saturated rings. The fraction of sp³-hybridized carbons (Fsp3) is 0.667. The van der Waals surface area contributed by atoms with Gasteiger partial charge in [-0.25, -0.2) is 0 Å². The number of benzene rings is 1. The molecule has 1 aliphatic rings. The predicted molar refractivity (Wildman–Crippen MR) is 87.1 cm³/mol. The standard InChI is InChI=1S/C18H30N2/c1-5-19-18(13-20(4)17-10-11-17)16-8-6-15(7-9-16)12-14(2)3/h6-9,14,17-19H,5,10-13H2,1-4H3. The van der Waals surface area contributed by atoms with Gasteiger partial charge in [0.15, 0.2) is 0 Å². The van der Waals surface area contributed by atoms with Gasteiger partial charge in [0.05, 0.1) is 0 Å². The lowest BCUT2D eigenvalue weighted by Gasteiger charge is -2.25. The van der Waals surface area contributed by atoms with Gasteiger partial charge in [0.25, 0.3) is 0 Å².